The molecule has 0 N–H and O–H groups in total. The van der Waals surface area contributed by atoms with Gasteiger partial charge in [-0.3, -0.25) is 9.59 Å². The van der Waals surface area contributed by atoms with Crippen LogP contribution in [0.4, 0.5) is 5.69 Å². The predicted molar refractivity (Wildman–Crippen MR) is 184 cm³/mol. The molecule has 2 aliphatic heterocycles. The molecule has 6 rings (SSSR count). The Morgan fingerprint density at radius 1 is 0.878 bits per heavy atom. The van der Waals surface area contributed by atoms with Crippen molar-refractivity contribution < 1.29 is 44.0 Å². The highest BCUT2D eigenvalue weighted by Crippen LogP contribution is 2.63. The summed E-state index contributed by atoms with van der Waals surface area (Å²) in [5, 5.41) is 0. The number of fused-ring (bicyclic) bond motifs is 2. The molecule has 4 atom stereocenters. The Kier molecular flexibility index (Phi) is 9.00. The molecule has 11 nitrogen and oxygen atoms in total. The zero-order valence-electron chi connectivity index (χ0n) is 28.4. The third-order valence-corrected chi connectivity index (χ3v) is 13.0. The number of nitrogens with zero attached hydrogens (tertiary/aromatic N) is 1. The van der Waals surface area contributed by atoms with Crippen LogP contribution in [0.15, 0.2) is 70.5 Å². The SMILES string of the molecule is CC(=O)OCC[C@@]12CC[C@@H]3C(O[Si](C)(C)C)c4cc(OS(=O)(=O)c5ccc(C)cc5)c(OS(=O)(=O)c5ccc(C)cc5)cc4N(C(=O)C1)C32. The smallest absolute Gasteiger partial charge is 0.339 e. The lowest BCUT2D eigenvalue weighted by molar-refractivity contribution is -0.141. The van der Waals surface area contributed by atoms with Gasteiger partial charge in [0.1, 0.15) is 9.79 Å². The highest BCUT2D eigenvalue weighted by atomic mass is 32.2. The molecule has 3 aromatic rings. The van der Waals surface area contributed by atoms with E-state index in [4.69, 9.17) is 17.5 Å². The van der Waals surface area contributed by atoms with Gasteiger partial charge >= 0.3 is 26.2 Å². The third kappa shape index (κ3) is 6.88. The molecular weight excluding hydrogens is 687 g/mol. The maximum absolute atomic E-state index is 13.9. The number of benzene rings is 3. The molecule has 14 heteroatoms. The van der Waals surface area contributed by atoms with E-state index in [1.54, 1.807) is 29.2 Å². The molecule has 1 amide bonds. The number of aryl methyl sites for hydroxylation is 2. The largest absolute Gasteiger partial charge is 0.466 e. The Morgan fingerprint density at radius 3 is 1.92 bits per heavy atom. The number of anilines is 1. The van der Waals surface area contributed by atoms with E-state index >= 15 is 0 Å². The van der Waals surface area contributed by atoms with Crippen molar-refractivity contribution in [1.29, 1.82) is 0 Å². The van der Waals surface area contributed by atoms with Gasteiger partial charge in [-0.1, -0.05) is 35.4 Å². The van der Waals surface area contributed by atoms with Gasteiger partial charge in [0, 0.05) is 42.3 Å². The van der Waals surface area contributed by atoms with Crippen molar-refractivity contribution in [1.82, 2.24) is 0 Å². The molecular formula is C35H41NO10S2Si. The van der Waals surface area contributed by atoms with Gasteiger partial charge in [0.2, 0.25) is 5.91 Å². The van der Waals surface area contributed by atoms with Gasteiger partial charge in [0.25, 0.3) is 0 Å². The summed E-state index contributed by atoms with van der Waals surface area (Å²) >= 11 is 0. The number of hydrogen-bond acceptors (Lipinski definition) is 10. The molecule has 1 saturated carbocycles. The van der Waals surface area contributed by atoms with Gasteiger partial charge in [-0.15, -0.1) is 0 Å². The highest BCUT2D eigenvalue weighted by Gasteiger charge is 2.63. The Morgan fingerprint density at radius 2 is 1.41 bits per heavy atom. The average Bonchev–Trinajstić information content (AvgIpc) is 3.49. The summed E-state index contributed by atoms with van der Waals surface area (Å²) in [6, 6.07) is 14.6. The van der Waals surface area contributed by atoms with Gasteiger partial charge in [-0.25, -0.2) is 0 Å². The first-order chi connectivity index (χ1) is 22.9. The average molecular weight is 728 g/mol. The topological polar surface area (TPSA) is 143 Å². The summed E-state index contributed by atoms with van der Waals surface area (Å²) in [5.74, 6) is -1.44. The number of amides is 1. The molecule has 3 aromatic carbocycles. The van der Waals surface area contributed by atoms with Crippen molar-refractivity contribution in [2.24, 2.45) is 11.3 Å². The monoisotopic (exact) mass is 727 g/mol. The number of hydrogen-bond donors (Lipinski definition) is 0. The molecule has 2 fully saturated rings. The van der Waals surface area contributed by atoms with Crippen LogP contribution in [0, 0.1) is 25.2 Å². The second-order valence-electron chi connectivity index (χ2n) is 14.2. The molecule has 1 saturated heterocycles. The van der Waals surface area contributed by atoms with Crippen molar-refractivity contribution in [2.45, 2.75) is 88.0 Å². The van der Waals surface area contributed by atoms with Crippen LogP contribution in [-0.2, 0) is 39.0 Å². The minimum atomic E-state index is -4.48. The van der Waals surface area contributed by atoms with Gasteiger partial charge in [0.15, 0.2) is 19.8 Å². The quantitative estimate of drug-likeness (QED) is 0.127. The van der Waals surface area contributed by atoms with Crippen molar-refractivity contribution in [3.8, 4) is 11.5 Å². The van der Waals surface area contributed by atoms with Crippen molar-refractivity contribution in [2.75, 3.05) is 11.5 Å². The molecule has 2 unspecified atom stereocenters. The van der Waals surface area contributed by atoms with Crippen molar-refractivity contribution >= 4 is 46.1 Å². The summed E-state index contributed by atoms with van der Waals surface area (Å²) in [5.41, 5.74) is 2.08. The fourth-order valence-electron chi connectivity index (χ4n) is 7.41. The fraction of sp³-hybridized carbons (Fsp3) is 0.429. The second-order valence-corrected chi connectivity index (χ2v) is 21.8. The van der Waals surface area contributed by atoms with E-state index in [1.165, 1.54) is 43.3 Å². The molecule has 1 aliphatic carbocycles. The normalized spacial score (nSPS) is 23.2. The van der Waals surface area contributed by atoms with Crippen LogP contribution in [0.25, 0.3) is 0 Å². The highest BCUT2D eigenvalue weighted by molar-refractivity contribution is 7.87. The van der Waals surface area contributed by atoms with Crippen LogP contribution in [0.2, 0.25) is 19.6 Å². The molecule has 0 aromatic heterocycles. The summed E-state index contributed by atoms with van der Waals surface area (Å²) < 4.78 is 78.0. The van der Waals surface area contributed by atoms with Gasteiger partial charge < -0.3 is 22.4 Å². The zero-order chi connectivity index (χ0) is 35.5. The van der Waals surface area contributed by atoms with E-state index in [0.717, 1.165) is 17.5 Å². The van der Waals surface area contributed by atoms with E-state index in [1.807, 2.05) is 33.5 Å². The van der Waals surface area contributed by atoms with Crippen LogP contribution in [0.3, 0.4) is 0 Å². The van der Waals surface area contributed by atoms with Crippen molar-refractivity contribution in [3.05, 3.63) is 77.4 Å². The maximum atomic E-state index is 13.9. The van der Waals surface area contributed by atoms with E-state index in [2.05, 4.69) is 0 Å². The molecule has 0 bridgehead atoms. The van der Waals surface area contributed by atoms with Crippen molar-refractivity contribution in [3.63, 3.8) is 0 Å². The number of esters is 1. The molecule has 3 aliphatic rings. The number of rotatable bonds is 11. The first-order valence-corrected chi connectivity index (χ1v) is 22.5. The van der Waals surface area contributed by atoms with Gasteiger partial charge in [0.05, 0.1) is 18.4 Å². The molecule has 0 radical (unpaired) electrons. The first-order valence-electron chi connectivity index (χ1n) is 16.2. The Labute approximate surface area is 288 Å². The maximum Gasteiger partial charge on any atom is 0.339 e. The molecule has 49 heavy (non-hydrogen) atoms. The minimum absolute atomic E-state index is 0.124. The van der Waals surface area contributed by atoms with Crippen LogP contribution in [0.1, 0.15) is 55.4 Å². The summed E-state index contributed by atoms with van der Waals surface area (Å²) in [4.78, 5) is 27.0. The number of carbonyl (C=O) groups is 2. The van der Waals surface area contributed by atoms with Gasteiger partial charge in [-0.05, 0) is 83.1 Å². The van der Waals surface area contributed by atoms with E-state index in [9.17, 15) is 26.4 Å². The van der Waals surface area contributed by atoms with Crippen LogP contribution in [0.5, 0.6) is 11.5 Å². The van der Waals surface area contributed by atoms with Crippen LogP contribution < -0.4 is 13.3 Å². The van der Waals surface area contributed by atoms with Crippen LogP contribution in [-0.4, -0.2) is 49.7 Å². The molecule has 2 heterocycles. The molecule has 262 valence electrons. The standard InChI is InChI=1S/C35H41NO10S2Si/c1-22-7-11-25(12-8-22)47(39,40)44-30-19-28-29(20-31(30)45-48(41,42)26-13-9-23(2)10-14-26)36-32(38)21-35(17-18-43-24(3)37)16-15-27(34(35)36)33(28)46-49(4,5)6/h7-14,19-20,27,33-34H,15-18,21H2,1-6H3/t27-,33?,34?,35+/m1/s1. The van der Waals surface area contributed by atoms with Crippen LogP contribution >= 0.6 is 0 Å². The Bertz CT molecular complexity index is 2010. The van der Waals surface area contributed by atoms with E-state index in [0.29, 0.717) is 24.1 Å². The lowest BCUT2D eigenvalue weighted by Gasteiger charge is -2.45. The summed E-state index contributed by atoms with van der Waals surface area (Å²) in [6.45, 7) is 11.3. The lowest BCUT2D eigenvalue weighted by atomic mass is 9.75. The van der Waals surface area contributed by atoms with E-state index < -0.39 is 46.0 Å². The molecule has 0 spiro atoms. The van der Waals surface area contributed by atoms with E-state index in [-0.39, 0.29) is 52.2 Å². The lowest BCUT2D eigenvalue weighted by Crippen LogP contribution is -2.49. The fourth-order valence-corrected chi connectivity index (χ4v) is 10.3. The Balaban J connectivity index is 1.51. The predicted octanol–water partition coefficient (Wildman–Crippen LogP) is 6.20. The zero-order valence-corrected chi connectivity index (χ0v) is 31.0. The third-order valence-electron chi connectivity index (χ3n) is 9.51. The second kappa shape index (κ2) is 12.6. The first kappa shape index (κ1) is 35.1. The Hall–Kier alpha value is -3.72. The number of ether oxygens (including phenoxy) is 1. The summed E-state index contributed by atoms with van der Waals surface area (Å²) in [7, 11) is -11.2. The minimum Gasteiger partial charge on any atom is -0.466 e. The number of carbonyl (C=O) groups excluding carboxylic acids is 2. The summed E-state index contributed by atoms with van der Waals surface area (Å²) in [6.07, 6.45) is 1.57. The van der Waals surface area contributed by atoms with Gasteiger partial charge in [-0.2, -0.15) is 16.8 Å².